The van der Waals surface area contributed by atoms with Gasteiger partial charge in [-0.25, -0.2) is 13.1 Å². The first-order valence-corrected chi connectivity index (χ1v) is 16.9. The molecule has 0 unspecified atom stereocenters. The summed E-state index contributed by atoms with van der Waals surface area (Å²) >= 11 is 6.38. The molecule has 0 aromatic heterocycles. The molecule has 2 aromatic rings. The Morgan fingerprint density at radius 1 is 1.10 bits per heavy atom. The Labute approximate surface area is 252 Å². The zero-order valence-corrected chi connectivity index (χ0v) is 25.1. The first-order valence-electron chi connectivity index (χ1n) is 15.0. The van der Waals surface area contributed by atoms with E-state index in [4.69, 9.17) is 21.1 Å². The van der Waals surface area contributed by atoms with Crippen molar-refractivity contribution in [3.63, 3.8) is 0 Å². The van der Waals surface area contributed by atoms with Crippen LogP contribution < -0.4 is 14.4 Å². The lowest BCUT2D eigenvalue weighted by molar-refractivity contribution is 0.0455. The molecule has 2 N–H and O–H groups in total. The Morgan fingerprint density at radius 2 is 1.98 bits per heavy atom. The lowest BCUT2D eigenvalue weighted by Gasteiger charge is -2.45. The van der Waals surface area contributed by atoms with Gasteiger partial charge in [0.25, 0.3) is 5.91 Å². The molecule has 7 rings (SSSR count). The van der Waals surface area contributed by atoms with Crippen LogP contribution in [-0.2, 0) is 26.6 Å². The third-order valence-corrected chi connectivity index (χ3v) is 12.2. The summed E-state index contributed by atoms with van der Waals surface area (Å²) in [4.78, 5) is 15.7. The van der Waals surface area contributed by atoms with Gasteiger partial charge in [0.15, 0.2) is 0 Å². The van der Waals surface area contributed by atoms with E-state index < -0.39 is 27.3 Å². The average molecular weight is 613 g/mol. The lowest BCUT2D eigenvalue weighted by Crippen LogP contribution is -2.49. The molecule has 42 heavy (non-hydrogen) atoms. The molecule has 1 amide bonds. The number of carbonyl (C=O) groups is 1. The van der Waals surface area contributed by atoms with Crippen molar-refractivity contribution in [1.82, 2.24) is 4.72 Å². The molecule has 5 aliphatic rings. The molecule has 3 aliphatic heterocycles. The Morgan fingerprint density at radius 3 is 2.81 bits per heavy atom. The number of rotatable bonds is 0. The molecule has 2 aromatic carbocycles. The van der Waals surface area contributed by atoms with E-state index in [1.807, 2.05) is 18.2 Å². The Balaban J connectivity index is 1.29. The normalized spacial score (nSPS) is 34.6. The second kappa shape index (κ2) is 10.8. The highest BCUT2D eigenvalue weighted by Crippen LogP contribution is 2.46. The van der Waals surface area contributed by atoms with Crippen molar-refractivity contribution in [3.8, 4) is 5.75 Å². The number of allylic oxidation sites excluding steroid dienone is 1. The highest BCUT2D eigenvalue weighted by Gasteiger charge is 2.45. The van der Waals surface area contributed by atoms with E-state index in [1.165, 1.54) is 11.1 Å². The number of benzene rings is 2. The predicted octanol–water partition coefficient (Wildman–Crippen LogP) is 4.23. The van der Waals surface area contributed by atoms with Gasteiger partial charge in [-0.1, -0.05) is 29.8 Å². The molecular formula is C32H37ClN2O6S. The van der Waals surface area contributed by atoms with Crippen LogP contribution >= 0.6 is 11.6 Å². The summed E-state index contributed by atoms with van der Waals surface area (Å²) in [5, 5.41) is 11.0. The Hall–Kier alpha value is -2.59. The van der Waals surface area contributed by atoms with Gasteiger partial charge >= 0.3 is 0 Å². The van der Waals surface area contributed by atoms with Crippen molar-refractivity contribution in [1.29, 1.82) is 0 Å². The number of aliphatic hydroxyl groups excluding tert-OH is 1. The minimum absolute atomic E-state index is 0.0367. The van der Waals surface area contributed by atoms with Gasteiger partial charge in [0, 0.05) is 35.0 Å². The molecule has 2 bridgehead atoms. The van der Waals surface area contributed by atoms with Crippen molar-refractivity contribution in [2.75, 3.05) is 37.8 Å². The summed E-state index contributed by atoms with van der Waals surface area (Å²) in [6, 6.07) is 11.3. The van der Waals surface area contributed by atoms with Gasteiger partial charge in [0.1, 0.15) is 11.0 Å². The first-order chi connectivity index (χ1) is 20.2. The fraction of sp³-hybridized carbons (Fsp3) is 0.531. The number of anilines is 1. The molecule has 0 radical (unpaired) electrons. The number of amides is 1. The molecule has 1 saturated carbocycles. The van der Waals surface area contributed by atoms with Gasteiger partial charge in [0.2, 0.25) is 10.0 Å². The van der Waals surface area contributed by atoms with Crippen LogP contribution in [0.15, 0.2) is 48.6 Å². The van der Waals surface area contributed by atoms with E-state index in [2.05, 4.69) is 21.8 Å². The third-order valence-electron chi connectivity index (χ3n) is 10.2. The number of nitrogens with one attached hydrogen (secondary N) is 1. The molecule has 1 spiro atoms. The number of carbonyl (C=O) groups excluding carboxylic acids is 1. The molecule has 3 heterocycles. The van der Waals surface area contributed by atoms with Gasteiger partial charge in [-0.15, -0.1) is 0 Å². The minimum atomic E-state index is -3.99. The minimum Gasteiger partial charge on any atom is -0.490 e. The summed E-state index contributed by atoms with van der Waals surface area (Å²) in [6.07, 6.45) is 8.47. The van der Waals surface area contributed by atoms with E-state index in [9.17, 15) is 18.3 Å². The number of sulfonamides is 1. The molecule has 6 atom stereocenters. The highest BCUT2D eigenvalue weighted by atomic mass is 35.5. The standard InChI is InChI=1S/C32H37ClN2O6S/c33-24-8-10-26-20(13-24)4-2-12-32(26)18-35-15-22-6-9-25(22)28(36)5-1-3-23-16-40-17-30(23)42(38,39)34-31(37)21-7-11-29(41-19-32)27(35)14-21/h1,5,7-8,10-11,13-14,22-23,25,28,30,36H,2-4,6,9,12,15-19H2,(H,34,37)/b5-1+/t22-,23+,25+,28-,30-,32-/m0/s1. The summed E-state index contributed by atoms with van der Waals surface area (Å²) in [7, 11) is -3.99. The van der Waals surface area contributed by atoms with E-state index >= 15 is 0 Å². The fourth-order valence-corrected chi connectivity index (χ4v) is 9.44. The number of halogens is 1. The maximum Gasteiger partial charge on any atom is 0.264 e. The van der Waals surface area contributed by atoms with Crippen LogP contribution in [0.3, 0.4) is 0 Å². The maximum atomic E-state index is 13.4. The maximum absolute atomic E-state index is 13.4. The van der Waals surface area contributed by atoms with Crippen LogP contribution in [0.5, 0.6) is 5.75 Å². The number of hydrogen-bond acceptors (Lipinski definition) is 7. The van der Waals surface area contributed by atoms with Crippen LogP contribution in [0.25, 0.3) is 0 Å². The summed E-state index contributed by atoms with van der Waals surface area (Å²) in [5.74, 6) is 0.119. The molecular weight excluding hydrogens is 576 g/mol. The second-order valence-electron chi connectivity index (χ2n) is 12.8. The summed E-state index contributed by atoms with van der Waals surface area (Å²) in [6.45, 7) is 2.23. The largest absolute Gasteiger partial charge is 0.490 e. The van der Waals surface area contributed by atoms with Crippen LogP contribution in [0.4, 0.5) is 5.69 Å². The van der Waals surface area contributed by atoms with Crippen molar-refractivity contribution < 1.29 is 27.8 Å². The first kappa shape index (κ1) is 28.2. The number of aliphatic hydroxyl groups is 1. The van der Waals surface area contributed by atoms with E-state index in [0.29, 0.717) is 38.5 Å². The van der Waals surface area contributed by atoms with Crippen molar-refractivity contribution >= 4 is 33.2 Å². The third kappa shape index (κ3) is 5.02. The van der Waals surface area contributed by atoms with Gasteiger partial charge < -0.3 is 19.5 Å². The van der Waals surface area contributed by atoms with E-state index in [-0.39, 0.29) is 35.3 Å². The van der Waals surface area contributed by atoms with E-state index in [1.54, 1.807) is 18.2 Å². The van der Waals surface area contributed by atoms with Gasteiger partial charge in [-0.05, 0) is 91.8 Å². The number of aryl methyl sites for hydroxylation is 1. The average Bonchev–Trinajstić information content (AvgIpc) is 3.37. The molecule has 2 fully saturated rings. The second-order valence-corrected chi connectivity index (χ2v) is 15.1. The zero-order valence-electron chi connectivity index (χ0n) is 23.5. The quantitative estimate of drug-likeness (QED) is 0.429. The molecule has 8 nitrogen and oxygen atoms in total. The van der Waals surface area contributed by atoms with Gasteiger partial charge in [0.05, 0.1) is 31.6 Å². The van der Waals surface area contributed by atoms with Crippen LogP contribution in [-0.4, -0.2) is 63.7 Å². The van der Waals surface area contributed by atoms with Gasteiger partial charge in [-0.2, -0.15) is 0 Å². The fourth-order valence-electron chi connectivity index (χ4n) is 7.75. The Kier molecular flexibility index (Phi) is 7.28. The summed E-state index contributed by atoms with van der Waals surface area (Å²) in [5.41, 5.74) is 3.29. The zero-order chi connectivity index (χ0) is 29.1. The predicted molar refractivity (Wildman–Crippen MR) is 161 cm³/mol. The monoisotopic (exact) mass is 612 g/mol. The topological polar surface area (TPSA) is 105 Å². The van der Waals surface area contributed by atoms with E-state index in [0.717, 1.165) is 42.8 Å². The molecule has 2 aliphatic carbocycles. The number of ether oxygens (including phenoxy) is 2. The van der Waals surface area contributed by atoms with Crippen LogP contribution in [0.2, 0.25) is 5.02 Å². The number of hydrogen-bond donors (Lipinski definition) is 2. The molecule has 1 saturated heterocycles. The number of fused-ring (bicyclic) bond motifs is 5. The van der Waals surface area contributed by atoms with Gasteiger partial charge in [-0.3, -0.25) is 4.79 Å². The van der Waals surface area contributed by atoms with Crippen LogP contribution in [0.1, 0.15) is 53.6 Å². The van der Waals surface area contributed by atoms with Crippen molar-refractivity contribution in [3.05, 3.63) is 70.3 Å². The lowest BCUT2D eigenvalue weighted by atomic mass is 9.68. The van der Waals surface area contributed by atoms with Crippen molar-refractivity contribution in [2.24, 2.45) is 17.8 Å². The summed E-state index contributed by atoms with van der Waals surface area (Å²) < 4.78 is 41.0. The molecule has 224 valence electrons. The highest BCUT2D eigenvalue weighted by molar-refractivity contribution is 7.90. The number of nitrogens with zero attached hydrogens (tertiary/aromatic N) is 1. The van der Waals surface area contributed by atoms with Crippen molar-refractivity contribution in [2.45, 2.75) is 55.3 Å². The SMILES string of the molecule is O=C1NS(=O)(=O)[C@H]2COC[C@H]2C/C=C/[C@H](O)[C@@H]2CC[C@H]2CN2C[C@@]3(CCCc4cc(Cl)ccc43)COc3ccc1cc32. The molecule has 10 heteroatoms. The van der Waals surface area contributed by atoms with Crippen LogP contribution in [0, 0.1) is 17.8 Å². The Bertz CT molecular complexity index is 1530. The smallest absolute Gasteiger partial charge is 0.264 e.